The van der Waals surface area contributed by atoms with E-state index in [0.29, 0.717) is 18.2 Å². The summed E-state index contributed by atoms with van der Waals surface area (Å²) in [5.74, 6) is 1.09. The van der Waals surface area contributed by atoms with Gasteiger partial charge in [-0.2, -0.15) is 0 Å². The zero-order valence-corrected chi connectivity index (χ0v) is 16.4. The molecular weight excluding hydrogens is 392 g/mol. The first-order valence-electron chi connectivity index (χ1n) is 9.66. The Bertz CT molecular complexity index is 1360. The van der Waals surface area contributed by atoms with Gasteiger partial charge in [0.25, 0.3) is 5.91 Å². The van der Waals surface area contributed by atoms with Gasteiger partial charge in [0, 0.05) is 24.6 Å². The van der Waals surface area contributed by atoms with E-state index in [9.17, 15) is 4.79 Å². The molecule has 4 aromatic heterocycles. The van der Waals surface area contributed by atoms with E-state index in [4.69, 9.17) is 15.1 Å². The fourth-order valence-corrected chi connectivity index (χ4v) is 3.38. The third-order valence-corrected chi connectivity index (χ3v) is 4.89. The number of nitrogens with zero attached hydrogens (tertiary/aromatic N) is 4. The molecule has 8 nitrogen and oxygen atoms in total. The van der Waals surface area contributed by atoms with Crippen LogP contribution in [0.2, 0.25) is 0 Å². The Morgan fingerprint density at radius 3 is 2.58 bits per heavy atom. The van der Waals surface area contributed by atoms with Crippen LogP contribution in [0.15, 0.2) is 83.7 Å². The predicted octanol–water partition coefficient (Wildman–Crippen LogP) is 3.59. The highest BCUT2D eigenvalue weighted by atomic mass is 16.3. The number of nitrogen functional groups attached to an aromatic ring is 1. The quantitative estimate of drug-likeness (QED) is 0.458. The Hall–Kier alpha value is -4.46. The largest absolute Gasteiger partial charge is 0.459 e. The number of hydrogen-bond donors (Lipinski definition) is 2. The number of carbonyl (C=O) groups excluding carboxylic acids is 1. The first-order valence-corrected chi connectivity index (χ1v) is 9.66. The van der Waals surface area contributed by atoms with Gasteiger partial charge in [-0.15, -0.1) is 0 Å². The minimum absolute atomic E-state index is 0.256. The number of hydrogen-bond acceptors (Lipinski definition) is 6. The molecule has 31 heavy (non-hydrogen) atoms. The van der Waals surface area contributed by atoms with Gasteiger partial charge in [0.1, 0.15) is 11.3 Å². The van der Waals surface area contributed by atoms with Crippen LogP contribution < -0.4 is 11.1 Å². The van der Waals surface area contributed by atoms with Gasteiger partial charge in [-0.3, -0.25) is 9.36 Å². The van der Waals surface area contributed by atoms with Crippen molar-refractivity contribution in [2.45, 2.75) is 6.54 Å². The number of fused-ring (bicyclic) bond motifs is 1. The van der Waals surface area contributed by atoms with Gasteiger partial charge in [-0.1, -0.05) is 12.1 Å². The molecule has 152 valence electrons. The number of amides is 1. The van der Waals surface area contributed by atoms with Gasteiger partial charge in [0.05, 0.1) is 11.8 Å². The van der Waals surface area contributed by atoms with E-state index in [0.717, 1.165) is 28.0 Å². The molecule has 0 saturated carbocycles. The van der Waals surface area contributed by atoms with Crippen molar-refractivity contribution in [3.05, 3.63) is 90.6 Å². The number of nitrogens with two attached hydrogens (primary N) is 1. The lowest BCUT2D eigenvalue weighted by molar-refractivity contribution is 0.0923. The number of imidazole rings is 1. The van der Waals surface area contributed by atoms with Crippen molar-refractivity contribution >= 4 is 22.9 Å². The van der Waals surface area contributed by atoms with Crippen LogP contribution in [0, 0.1) is 0 Å². The molecule has 0 atom stereocenters. The smallest absolute Gasteiger partial charge is 0.287 e. The van der Waals surface area contributed by atoms with E-state index in [1.54, 1.807) is 24.5 Å². The van der Waals surface area contributed by atoms with Crippen LogP contribution in [0.1, 0.15) is 16.1 Å². The minimum Gasteiger partial charge on any atom is -0.459 e. The predicted molar refractivity (Wildman–Crippen MR) is 116 cm³/mol. The van der Waals surface area contributed by atoms with E-state index >= 15 is 0 Å². The summed E-state index contributed by atoms with van der Waals surface area (Å²) in [6.45, 7) is 0.380. The molecule has 0 bridgehead atoms. The third kappa shape index (κ3) is 3.51. The lowest BCUT2D eigenvalue weighted by atomic mass is 10.2. The Morgan fingerprint density at radius 2 is 1.81 bits per heavy atom. The molecule has 0 spiro atoms. The number of anilines is 1. The second-order valence-corrected chi connectivity index (χ2v) is 6.88. The van der Waals surface area contributed by atoms with E-state index in [2.05, 4.69) is 15.3 Å². The standard InChI is InChI=1S/C23H18N6O2/c24-20-17(4-1-11-25-20)21-28-18-5-2-12-26-22(18)29(21)16-9-7-15(8-10-16)14-27-23(30)19-6-3-13-31-19/h1-13H,14H2,(H2,24,25)(H,27,30). The van der Waals surface area contributed by atoms with Crippen molar-refractivity contribution in [3.8, 4) is 17.1 Å². The van der Waals surface area contributed by atoms with Crippen molar-refractivity contribution in [1.29, 1.82) is 0 Å². The average molecular weight is 410 g/mol. The summed E-state index contributed by atoms with van der Waals surface area (Å²) >= 11 is 0. The molecular formula is C23H18N6O2. The molecule has 0 unspecified atom stereocenters. The summed E-state index contributed by atoms with van der Waals surface area (Å²) in [6, 6.07) is 18.6. The summed E-state index contributed by atoms with van der Waals surface area (Å²) in [5, 5.41) is 2.84. The number of furan rings is 1. The van der Waals surface area contributed by atoms with Crippen LogP contribution in [0.25, 0.3) is 28.2 Å². The Labute approximate surface area is 177 Å². The summed E-state index contributed by atoms with van der Waals surface area (Å²) in [4.78, 5) is 25.5. The lowest BCUT2D eigenvalue weighted by Crippen LogP contribution is -2.22. The Balaban J connectivity index is 1.49. The van der Waals surface area contributed by atoms with E-state index < -0.39 is 0 Å². The lowest BCUT2D eigenvalue weighted by Gasteiger charge is -2.11. The van der Waals surface area contributed by atoms with Crippen LogP contribution in [-0.4, -0.2) is 25.4 Å². The van der Waals surface area contributed by atoms with Gasteiger partial charge in [0.2, 0.25) is 0 Å². The van der Waals surface area contributed by atoms with Crippen molar-refractivity contribution in [2.24, 2.45) is 0 Å². The second kappa shape index (κ2) is 7.75. The number of benzene rings is 1. The van der Waals surface area contributed by atoms with Gasteiger partial charge >= 0.3 is 0 Å². The highest BCUT2D eigenvalue weighted by molar-refractivity contribution is 5.91. The number of carbonyl (C=O) groups is 1. The summed E-state index contributed by atoms with van der Waals surface area (Å²) in [6.07, 6.45) is 4.85. The number of nitrogens with one attached hydrogen (secondary N) is 1. The molecule has 0 fully saturated rings. The molecule has 0 aliphatic heterocycles. The number of aromatic nitrogens is 4. The summed E-state index contributed by atoms with van der Waals surface area (Å²) in [5.41, 5.74) is 10.2. The van der Waals surface area contributed by atoms with Gasteiger partial charge < -0.3 is 15.5 Å². The highest BCUT2D eigenvalue weighted by Crippen LogP contribution is 2.30. The Morgan fingerprint density at radius 1 is 1.00 bits per heavy atom. The Kier molecular flexibility index (Phi) is 4.64. The maximum Gasteiger partial charge on any atom is 0.287 e. The molecule has 1 aromatic carbocycles. The van der Waals surface area contributed by atoms with E-state index in [1.807, 2.05) is 53.1 Å². The monoisotopic (exact) mass is 410 g/mol. The minimum atomic E-state index is -0.256. The zero-order chi connectivity index (χ0) is 21.2. The van der Waals surface area contributed by atoms with Crippen LogP contribution in [0.5, 0.6) is 0 Å². The van der Waals surface area contributed by atoms with Crippen molar-refractivity contribution in [1.82, 2.24) is 24.8 Å². The summed E-state index contributed by atoms with van der Waals surface area (Å²) < 4.78 is 7.07. The molecule has 0 aliphatic rings. The second-order valence-electron chi connectivity index (χ2n) is 6.88. The fraction of sp³-hybridized carbons (Fsp3) is 0.0435. The number of pyridine rings is 2. The molecule has 8 heteroatoms. The molecule has 5 aromatic rings. The topological polar surface area (TPSA) is 112 Å². The van der Waals surface area contributed by atoms with Crippen LogP contribution in [-0.2, 0) is 6.54 Å². The highest BCUT2D eigenvalue weighted by Gasteiger charge is 2.17. The molecule has 0 radical (unpaired) electrons. The first kappa shape index (κ1) is 18.6. The molecule has 0 aliphatic carbocycles. The maximum absolute atomic E-state index is 12.1. The third-order valence-electron chi connectivity index (χ3n) is 4.89. The fourth-order valence-electron chi connectivity index (χ4n) is 3.38. The van der Waals surface area contributed by atoms with E-state index in [1.165, 1.54) is 6.26 Å². The van der Waals surface area contributed by atoms with Gasteiger partial charge in [0.15, 0.2) is 17.2 Å². The summed E-state index contributed by atoms with van der Waals surface area (Å²) in [7, 11) is 0. The molecule has 1 amide bonds. The van der Waals surface area contributed by atoms with Crippen LogP contribution >= 0.6 is 0 Å². The van der Waals surface area contributed by atoms with Crippen molar-refractivity contribution in [3.63, 3.8) is 0 Å². The molecule has 4 heterocycles. The molecule has 3 N–H and O–H groups in total. The van der Waals surface area contributed by atoms with Gasteiger partial charge in [-0.05, 0) is 54.1 Å². The van der Waals surface area contributed by atoms with Crippen LogP contribution in [0.4, 0.5) is 5.82 Å². The normalized spacial score (nSPS) is 11.0. The SMILES string of the molecule is Nc1ncccc1-c1nc2cccnc2n1-c1ccc(CNC(=O)c2ccco2)cc1. The average Bonchev–Trinajstić information content (AvgIpc) is 3.46. The first-order chi connectivity index (χ1) is 15.2. The van der Waals surface area contributed by atoms with Crippen molar-refractivity contribution in [2.75, 3.05) is 5.73 Å². The zero-order valence-electron chi connectivity index (χ0n) is 16.4. The molecule has 0 saturated heterocycles. The van der Waals surface area contributed by atoms with Gasteiger partial charge in [-0.25, -0.2) is 15.0 Å². The van der Waals surface area contributed by atoms with Crippen molar-refractivity contribution < 1.29 is 9.21 Å². The van der Waals surface area contributed by atoms with Crippen LogP contribution in [0.3, 0.4) is 0 Å². The number of rotatable bonds is 5. The van der Waals surface area contributed by atoms with E-state index in [-0.39, 0.29) is 11.7 Å². The molecule has 5 rings (SSSR count). The maximum atomic E-state index is 12.1.